The van der Waals surface area contributed by atoms with Crippen molar-refractivity contribution in [3.8, 4) is 28.4 Å². The van der Waals surface area contributed by atoms with Crippen LogP contribution in [-0.4, -0.2) is 23.6 Å². The van der Waals surface area contributed by atoms with Crippen LogP contribution in [0.2, 0.25) is 0 Å². The lowest BCUT2D eigenvalue weighted by Crippen LogP contribution is -2.13. The molecule has 3 N–H and O–H groups in total. The van der Waals surface area contributed by atoms with E-state index in [-0.39, 0.29) is 6.42 Å². The molecule has 0 atom stereocenters. The van der Waals surface area contributed by atoms with Gasteiger partial charge in [-0.25, -0.2) is 0 Å². The van der Waals surface area contributed by atoms with Crippen LogP contribution in [0.15, 0.2) is 102 Å². The number of hydrogen-bond acceptors (Lipinski definition) is 4. The Labute approximate surface area is 243 Å². The number of carbonyl (C=O) groups is 2. The summed E-state index contributed by atoms with van der Waals surface area (Å²) < 4.78 is 12.4. The van der Waals surface area contributed by atoms with E-state index in [0.717, 1.165) is 39.1 Å². The fourth-order valence-corrected chi connectivity index (χ4v) is 4.10. The number of aliphatic carboxylic acids is 1. The molecule has 1 amide bonds. The van der Waals surface area contributed by atoms with Gasteiger partial charge >= 0.3 is 5.97 Å². The SMILES string of the molecule is CC(C)CCOc1ccc(Br)cc1C(N)=O.O=C(O)CCc1ccc(-c2ccccc2Oc2ccccc2)cc1. The van der Waals surface area contributed by atoms with E-state index in [9.17, 15) is 9.59 Å². The van der Waals surface area contributed by atoms with Crippen molar-refractivity contribution in [2.45, 2.75) is 33.1 Å². The minimum absolute atomic E-state index is 0.146. The number of halogens is 1. The summed E-state index contributed by atoms with van der Waals surface area (Å²) in [7, 11) is 0. The van der Waals surface area contributed by atoms with Crippen molar-refractivity contribution in [3.63, 3.8) is 0 Å². The van der Waals surface area contributed by atoms with E-state index in [4.69, 9.17) is 20.3 Å². The molecule has 0 aliphatic rings. The van der Waals surface area contributed by atoms with Gasteiger partial charge in [0.15, 0.2) is 0 Å². The summed E-state index contributed by atoms with van der Waals surface area (Å²) in [5.74, 6) is 1.47. The van der Waals surface area contributed by atoms with Gasteiger partial charge in [0.1, 0.15) is 17.2 Å². The molecule has 0 aliphatic carbocycles. The van der Waals surface area contributed by atoms with Gasteiger partial charge in [-0.3, -0.25) is 9.59 Å². The summed E-state index contributed by atoms with van der Waals surface area (Å²) >= 11 is 3.29. The molecule has 4 aromatic carbocycles. The molecule has 40 heavy (non-hydrogen) atoms. The predicted molar refractivity (Wildman–Crippen MR) is 162 cm³/mol. The van der Waals surface area contributed by atoms with Crippen molar-refractivity contribution in [1.82, 2.24) is 0 Å². The fraction of sp³-hybridized carbons (Fsp3) is 0.212. The van der Waals surface area contributed by atoms with Crippen molar-refractivity contribution in [2.75, 3.05) is 6.61 Å². The van der Waals surface area contributed by atoms with Gasteiger partial charge in [-0.05, 0) is 66.3 Å². The van der Waals surface area contributed by atoms with Crippen LogP contribution < -0.4 is 15.2 Å². The smallest absolute Gasteiger partial charge is 0.303 e. The van der Waals surface area contributed by atoms with Gasteiger partial charge in [0.2, 0.25) is 0 Å². The minimum Gasteiger partial charge on any atom is -0.493 e. The lowest BCUT2D eigenvalue weighted by molar-refractivity contribution is -0.136. The number of aryl methyl sites for hydroxylation is 1. The molecule has 0 spiro atoms. The number of nitrogens with two attached hydrogens (primary N) is 1. The maximum atomic E-state index is 11.2. The summed E-state index contributed by atoms with van der Waals surface area (Å²) in [6.07, 6.45) is 1.64. The summed E-state index contributed by atoms with van der Waals surface area (Å²) in [5.41, 5.74) is 8.75. The number of primary amides is 1. The number of carboxylic acids is 1. The highest BCUT2D eigenvalue weighted by Gasteiger charge is 2.10. The van der Waals surface area contributed by atoms with Crippen LogP contribution in [-0.2, 0) is 11.2 Å². The maximum absolute atomic E-state index is 11.2. The quantitative estimate of drug-likeness (QED) is 0.180. The largest absolute Gasteiger partial charge is 0.493 e. The van der Waals surface area contributed by atoms with Gasteiger partial charge in [-0.2, -0.15) is 0 Å². The van der Waals surface area contributed by atoms with Crippen LogP contribution in [0.3, 0.4) is 0 Å². The van der Waals surface area contributed by atoms with Crippen molar-refractivity contribution >= 4 is 27.8 Å². The summed E-state index contributed by atoms with van der Waals surface area (Å²) in [5, 5.41) is 8.77. The maximum Gasteiger partial charge on any atom is 0.303 e. The Morgan fingerprint density at radius 1 is 0.875 bits per heavy atom. The molecule has 208 valence electrons. The third kappa shape index (κ3) is 9.89. The zero-order valence-corrected chi connectivity index (χ0v) is 24.3. The Morgan fingerprint density at radius 2 is 1.55 bits per heavy atom. The van der Waals surface area contributed by atoms with Crippen LogP contribution in [0.4, 0.5) is 0 Å². The van der Waals surface area contributed by atoms with Crippen LogP contribution in [0.25, 0.3) is 11.1 Å². The lowest BCUT2D eigenvalue weighted by Gasteiger charge is -2.11. The molecule has 0 fully saturated rings. The van der Waals surface area contributed by atoms with Crippen LogP contribution >= 0.6 is 15.9 Å². The topological polar surface area (TPSA) is 98.9 Å². The highest BCUT2D eigenvalue weighted by atomic mass is 79.9. The van der Waals surface area contributed by atoms with E-state index >= 15 is 0 Å². The standard InChI is InChI=1S/C21H18O3.C12H16BrNO2/c22-21(23)15-12-16-10-13-17(14-11-16)19-8-4-5-9-20(19)24-18-6-2-1-3-7-18;1-8(2)5-6-16-11-4-3-9(13)7-10(11)12(14)15/h1-11,13-14H,12,15H2,(H,22,23);3-4,7-8H,5-6H2,1-2H3,(H2,14,15). The first-order valence-electron chi connectivity index (χ1n) is 13.1. The Balaban J connectivity index is 0.000000241. The lowest BCUT2D eigenvalue weighted by atomic mass is 10.0. The number of benzene rings is 4. The highest BCUT2D eigenvalue weighted by Crippen LogP contribution is 2.33. The van der Waals surface area contributed by atoms with Crippen LogP contribution in [0, 0.1) is 5.92 Å². The molecule has 0 saturated carbocycles. The van der Waals surface area contributed by atoms with Crippen LogP contribution in [0.5, 0.6) is 17.2 Å². The summed E-state index contributed by atoms with van der Waals surface area (Å²) in [4.78, 5) is 21.9. The first kappa shape index (κ1) is 30.4. The number of carbonyl (C=O) groups excluding carboxylic acids is 1. The monoisotopic (exact) mass is 603 g/mol. The summed E-state index contributed by atoms with van der Waals surface area (Å²) in [6, 6.07) is 30.8. The van der Waals surface area contributed by atoms with Crippen molar-refractivity contribution in [2.24, 2.45) is 11.7 Å². The Kier molecular flexibility index (Phi) is 11.8. The Hall–Kier alpha value is -4.10. The molecule has 4 rings (SSSR count). The summed E-state index contributed by atoms with van der Waals surface area (Å²) in [6.45, 7) is 4.85. The molecule has 0 saturated heterocycles. The second-order valence-corrected chi connectivity index (χ2v) is 10.5. The van der Waals surface area contributed by atoms with Crippen LogP contribution in [0.1, 0.15) is 42.6 Å². The van der Waals surface area contributed by atoms with E-state index < -0.39 is 11.9 Å². The third-order valence-electron chi connectivity index (χ3n) is 5.91. The van der Waals surface area contributed by atoms with Gasteiger partial charge in [-0.15, -0.1) is 0 Å². The van der Waals surface area contributed by atoms with E-state index in [1.165, 1.54) is 0 Å². The highest BCUT2D eigenvalue weighted by molar-refractivity contribution is 9.10. The first-order valence-corrected chi connectivity index (χ1v) is 13.9. The molecule has 0 aromatic heterocycles. The molecule has 0 heterocycles. The first-order chi connectivity index (χ1) is 19.2. The van der Waals surface area contributed by atoms with Gasteiger partial charge < -0.3 is 20.3 Å². The zero-order chi connectivity index (χ0) is 28.9. The molecular formula is C33H34BrNO5. The number of carboxylic acid groups (broad SMARTS) is 1. The van der Waals surface area contributed by atoms with E-state index in [0.29, 0.717) is 30.3 Å². The number of ether oxygens (including phenoxy) is 2. The number of para-hydroxylation sites is 2. The normalized spacial score (nSPS) is 10.4. The molecule has 0 aliphatic heterocycles. The zero-order valence-electron chi connectivity index (χ0n) is 22.7. The van der Waals surface area contributed by atoms with Gasteiger partial charge in [-0.1, -0.05) is 90.4 Å². The van der Waals surface area contributed by atoms with Crippen molar-refractivity contribution in [1.29, 1.82) is 0 Å². The molecular weight excluding hydrogens is 570 g/mol. The van der Waals surface area contributed by atoms with Gasteiger partial charge in [0, 0.05) is 16.5 Å². The average Bonchev–Trinajstić information content (AvgIpc) is 2.94. The molecule has 7 heteroatoms. The molecule has 4 aromatic rings. The molecule has 0 unspecified atom stereocenters. The number of rotatable bonds is 11. The van der Waals surface area contributed by atoms with Gasteiger partial charge in [0.25, 0.3) is 5.91 Å². The second kappa shape index (κ2) is 15.5. The minimum atomic E-state index is -0.777. The van der Waals surface area contributed by atoms with Crippen molar-refractivity contribution in [3.05, 3.63) is 113 Å². The Morgan fingerprint density at radius 3 is 2.20 bits per heavy atom. The second-order valence-electron chi connectivity index (χ2n) is 9.54. The Bertz CT molecular complexity index is 1390. The van der Waals surface area contributed by atoms with E-state index in [1.807, 2.05) is 84.9 Å². The predicted octanol–water partition coefficient (Wildman–Crippen LogP) is 8.14. The van der Waals surface area contributed by atoms with E-state index in [1.54, 1.807) is 12.1 Å². The average molecular weight is 605 g/mol. The fourth-order valence-electron chi connectivity index (χ4n) is 3.74. The molecule has 0 radical (unpaired) electrons. The number of amides is 1. The third-order valence-corrected chi connectivity index (χ3v) is 6.40. The molecule has 0 bridgehead atoms. The van der Waals surface area contributed by atoms with E-state index in [2.05, 4.69) is 29.8 Å². The molecule has 6 nitrogen and oxygen atoms in total. The van der Waals surface area contributed by atoms with Gasteiger partial charge in [0.05, 0.1) is 12.2 Å². The number of hydrogen-bond donors (Lipinski definition) is 2. The van der Waals surface area contributed by atoms with Crippen molar-refractivity contribution < 1.29 is 24.2 Å².